The number of amides is 1. The van der Waals surface area contributed by atoms with Gasteiger partial charge in [-0.05, 0) is 103 Å². The first-order valence-corrected chi connectivity index (χ1v) is 23.7. The zero-order valence-electron chi connectivity index (χ0n) is 35.7. The van der Waals surface area contributed by atoms with E-state index in [0.717, 1.165) is 75.5 Å². The summed E-state index contributed by atoms with van der Waals surface area (Å²) in [6.45, 7) is 15.1. The van der Waals surface area contributed by atoms with Gasteiger partial charge >= 0.3 is 0 Å². The SMILES string of the molecule is CC(C)c1ccc(C2=C(CN3CCN(c4ccc(C(=O)NS(=O)(=O)c5ccc(NCC6CCOCC6)c([N+](=O)[O-])c5)c(Oc5cnc6[nH]ccc6c5)c4)CC3)CCC(C)(C)C2)s1. The lowest BCUT2D eigenvalue weighted by molar-refractivity contribution is -0.384. The van der Waals surface area contributed by atoms with Crippen molar-refractivity contribution in [2.24, 2.45) is 11.3 Å². The lowest BCUT2D eigenvalue weighted by Gasteiger charge is -2.39. The Labute approximate surface area is 366 Å². The van der Waals surface area contributed by atoms with Gasteiger partial charge in [-0.2, -0.15) is 0 Å². The van der Waals surface area contributed by atoms with E-state index in [-0.39, 0.29) is 28.3 Å². The van der Waals surface area contributed by atoms with E-state index in [9.17, 15) is 23.3 Å². The number of carbonyl (C=O) groups excluding carboxylic acids is 1. The summed E-state index contributed by atoms with van der Waals surface area (Å²) in [4.78, 5) is 40.1. The van der Waals surface area contributed by atoms with Gasteiger partial charge < -0.3 is 24.7 Å². The average Bonchev–Trinajstić information content (AvgIpc) is 3.95. The highest BCUT2D eigenvalue weighted by molar-refractivity contribution is 7.90. The molecule has 3 N–H and O–H groups in total. The van der Waals surface area contributed by atoms with E-state index < -0.39 is 31.4 Å². The van der Waals surface area contributed by atoms with Crippen LogP contribution >= 0.6 is 11.3 Å². The first-order chi connectivity index (χ1) is 29.7. The number of nitro groups is 1. The van der Waals surface area contributed by atoms with E-state index in [0.29, 0.717) is 37.1 Å². The lowest BCUT2D eigenvalue weighted by Crippen LogP contribution is -2.47. The van der Waals surface area contributed by atoms with E-state index >= 15 is 0 Å². The number of rotatable bonds is 14. The van der Waals surface area contributed by atoms with Crippen molar-refractivity contribution in [1.82, 2.24) is 19.6 Å². The van der Waals surface area contributed by atoms with Gasteiger partial charge in [0.15, 0.2) is 0 Å². The molecule has 14 nitrogen and oxygen atoms in total. The predicted molar refractivity (Wildman–Crippen MR) is 244 cm³/mol. The van der Waals surface area contributed by atoms with Crippen molar-refractivity contribution >= 4 is 60.9 Å². The topological polar surface area (TPSA) is 172 Å². The van der Waals surface area contributed by atoms with Crippen molar-refractivity contribution in [3.8, 4) is 11.5 Å². The van der Waals surface area contributed by atoms with Gasteiger partial charge in [-0.1, -0.05) is 33.3 Å². The smallest absolute Gasteiger partial charge is 0.293 e. The molecule has 2 aromatic carbocycles. The summed E-state index contributed by atoms with van der Waals surface area (Å²) in [6.07, 6.45) is 8.30. The molecule has 62 heavy (non-hydrogen) atoms. The highest BCUT2D eigenvalue weighted by atomic mass is 32.2. The summed E-state index contributed by atoms with van der Waals surface area (Å²) in [5.41, 5.74) is 4.58. The highest BCUT2D eigenvalue weighted by Crippen LogP contribution is 2.45. The number of anilines is 2. The zero-order chi connectivity index (χ0) is 43.6. The van der Waals surface area contributed by atoms with E-state index in [1.54, 1.807) is 30.5 Å². The van der Waals surface area contributed by atoms with Crippen LogP contribution in [0.2, 0.25) is 0 Å². The summed E-state index contributed by atoms with van der Waals surface area (Å²) in [5.74, 6) is 0.349. The molecule has 0 bridgehead atoms. The third-order valence-electron chi connectivity index (χ3n) is 12.3. The Bertz CT molecular complexity index is 2590. The van der Waals surface area contributed by atoms with Crippen molar-refractivity contribution in [3.63, 3.8) is 0 Å². The van der Waals surface area contributed by atoms with Crippen molar-refractivity contribution in [2.75, 3.05) is 62.7 Å². The molecule has 0 unspecified atom stereocenters. The van der Waals surface area contributed by atoms with E-state index in [4.69, 9.17) is 9.47 Å². The first-order valence-electron chi connectivity index (χ1n) is 21.4. The molecule has 0 saturated carbocycles. The van der Waals surface area contributed by atoms with Crippen molar-refractivity contribution in [2.45, 2.75) is 70.6 Å². The molecule has 2 aliphatic heterocycles. The molecule has 3 aromatic heterocycles. The predicted octanol–water partition coefficient (Wildman–Crippen LogP) is 9.19. The number of fused-ring (bicyclic) bond motifs is 1. The molecule has 0 atom stereocenters. The number of sulfonamides is 1. The summed E-state index contributed by atoms with van der Waals surface area (Å²) in [7, 11) is -4.55. The fourth-order valence-corrected chi connectivity index (χ4v) is 10.6. The standard InChI is InChI=1S/C46H55N7O7S2/c1-30(2)42-9-10-43(61-42)38-26-46(3,4)15-11-33(38)29-51-17-19-52(20-18-51)34-5-7-37(41(24-34)60-35-23-32-12-16-47-44(32)49-28-35)45(54)50-62(57,58)36-6-8-39(40(25-36)53(55)56)48-27-31-13-21-59-22-14-31/h5-10,12,16,23-25,28,30-31,48H,11,13-15,17-22,26-27,29H2,1-4H3,(H,47,49)(H,50,54). The Morgan fingerprint density at radius 1 is 1.06 bits per heavy atom. The number of thiophene rings is 1. The Kier molecular flexibility index (Phi) is 12.7. The maximum atomic E-state index is 13.9. The molecule has 5 aromatic rings. The second-order valence-electron chi connectivity index (χ2n) is 17.7. The molecule has 1 amide bonds. The van der Waals surface area contributed by atoms with Crippen LogP contribution in [0.1, 0.15) is 85.8 Å². The van der Waals surface area contributed by atoms with Crippen LogP contribution in [0.25, 0.3) is 16.6 Å². The molecule has 0 spiro atoms. The maximum absolute atomic E-state index is 13.9. The molecular formula is C46H55N7O7S2. The normalized spacial score (nSPS) is 17.7. The first kappa shape index (κ1) is 43.4. The number of carbonyl (C=O) groups is 1. The number of ether oxygens (including phenoxy) is 2. The van der Waals surface area contributed by atoms with Crippen LogP contribution in [0.3, 0.4) is 0 Å². The molecular weight excluding hydrogens is 827 g/mol. The Morgan fingerprint density at radius 2 is 1.85 bits per heavy atom. The van der Waals surface area contributed by atoms with E-state index in [2.05, 4.69) is 69.6 Å². The zero-order valence-corrected chi connectivity index (χ0v) is 37.4. The van der Waals surface area contributed by atoms with Gasteiger partial charge in [0.2, 0.25) is 0 Å². The number of nitro benzene ring substituents is 1. The lowest BCUT2D eigenvalue weighted by atomic mass is 9.74. The second-order valence-corrected chi connectivity index (χ2v) is 20.5. The van der Waals surface area contributed by atoms with Crippen LogP contribution < -0.4 is 19.7 Å². The number of aromatic amines is 1. The third-order valence-corrected chi connectivity index (χ3v) is 15.0. The van der Waals surface area contributed by atoms with Gasteiger partial charge in [0, 0.05) is 91.6 Å². The average molecular weight is 882 g/mol. The van der Waals surface area contributed by atoms with Gasteiger partial charge in [-0.25, -0.2) is 18.1 Å². The van der Waals surface area contributed by atoms with Gasteiger partial charge in [-0.15, -0.1) is 11.3 Å². The van der Waals surface area contributed by atoms with Crippen molar-refractivity contribution in [3.05, 3.63) is 104 Å². The van der Waals surface area contributed by atoms with Crippen LogP contribution in [0.5, 0.6) is 11.5 Å². The molecule has 1 aliphatic carbocycles. The summed E-state index contributed by atoms with van der Waals surface area (Å²) in [5, 5.41) is 16.0. The van der Waals surface area contributed by atoms with Crippen LogP contribution in [-0.2, 0) is 14.8 Å². The number of hydrogen-bond donors (Lipinski definition) is 3. The molecule has 328 valence electrons. The van der Waals surface area contributed by atoms with Crippen LogP contribution in [0, 0.1) is 21.4 Å². The molecule has 5 heterocycles. The van der Waals surface area contributed by atoms with E-state index in [1.165, 1.54) is 45.7 Å². The number of nitrogens with zero attached hydrogens (tertiary/aromatic N) is 4. The van der Waals surface area contributed by atoms with Gasteiger partial charge in [0.05, 0.1) is 21.6 Å². The van der Waals surface area contributed by atoms with Gasteiger partial charge in [0.25, 0.3) is 21.6 Å². The van der Waals surface area contributed by atoms with E-state index in [1.807, 2.05) is 17.4 Å². The minimum atomic E-state index is -4.55. The van der Waals surface area contributed by atoms with Gasteiger partial charge in [-0.3, -0.25) is 19.8 Å². The number of piperazine rings is 1. The highest BCUT2D eigenvalue weighted by Gasteiger charge is 2.31. The molecule has 3 aliphatic rings. The molecule has 2 saturated heterocycles. The fraction of sp³-hybridized carbons (Fsp3) is 0.435. The van der Waals surface area contributed by atoms with Crippen LogP contribution in [-0.4, -0.2) is 86.6 Å². The monoisotopic (exact) mass is 881 g/mol. The number of hydrogen-bond acceptors (Lipinski definition) is 12. The van der Waals surface area contributed by atoms with Gasteiger partial charge in [0.1, 0.15) is 22.8 Å². The van der Waals surface area contributed by atoms with Crippen LogP contribution in [0.15, 0.2) is 83.5 Å². The largest absolute Gasteiger partial charge is 0.455 e. The van der Waals surface area contributed by atoms with Crippen molar-refractivity contribution < 1.29 is 27.6 Å². The number of benzene rings is 2. The molecule has 8 rings (SSSR count). The molecule has 0 radical (unpaired) electrons. The number of aromatic nitrogens is 2. The van der Waals surface area contributed by atoms with Crippen molar-refractivity contribution in [1.29, 1.82) is 0 Å². The second kappa shape index (κ2) is 18.2. The Hall–Kier alpha value is -5.29. The maximum Gasteiger partial charge on any atom is 0.293 e. The fourth-order valence-electron chi connectivity index (χ4n) is 8.53. The number of pyridine rings is 1. The minimum absolute atomic E-state index is 0.0248. The Balaban J connectivity index is 1.00. The minimum Gasteiger partial charge on any atom is -0.455 e. The number of allylic oxidation sites excluding steroid dienone is 1. The molecule has 2 fully saturated rings. The third kappa shape index (κ3) is 9.99. The summed E-state index contributed by atoms with van der Waals surface area (Å²) >= 11 is 1.93. The Morgan fingerprint density at radius 3 is 2.60 bits per heavy atom. The van der Waals surface area contributed by atoms with Crippen LogP contribution in [0.4, 0.5) is 17.1 Å². The summed E-state index contributed by atoms with van der Waals surface area (Å²) in [6, 6.07) is 16.9. The number of nitrogens with one attached hydrogen (secondary N) is 3. The molecule has 16 heteroatoms. The summed E-state index contributed by atoms with van der Waals surface area (Å²) < 4.78 is 41.2. The number of H-pyrrole nitrogens is 1. The quantitative estimate of drug-likeness (QED) is 0.0717.